The maximum atomic E-state index is 11.9. The molecule has 7 nitrogen and oxygen atoms in total. The number of nitrogens with zero attached hydrogens (tertiary/aromatic N) is 1. The van der Waals surface area contributed by atoms with Gasteiger partial charge in [-0.25, -0.2) is 13.2 Å². The Hall–Kier alpha value is -1.31. The molecule has 2 atom stereocenters. The second-order valence-corrected chi connectivity index (χ2v) is 8.30. The maximum Gasteiger partial charge on any atom is 0.410 e. The standard InChI is InChI=1S/C11H17NO6S/c1-10(2,3)18-9(15)12-4-7-11(5-12,8(13)14)6-19(7,16)17/h7H,4-6H2,1-3H3,(H,13,14)/t7-,11+/m1/s1. The van der Waals surface area contributed by atoms with Gasteiger partial charge in [-0.2, -0.15) is 0 Å². The average molecular weight is 291 g/mol. The predicted octanol–water partition coefficient (Wildman–Crippen LogP) is 0.105. The molecule has 2 saturated heterocycles. The normalized spacial score (nSPS) is 32.4. The van der Waals surface area contributed by atoms with Gasteiger partial charge in [-0.1, -0.05) is 0 Å². The quantitative estimate of drug-likeness (QED) is 0.735. The molecule has 0 saturated carbocycles. The van der Waals surface area contributed by atoms with Gasteiger partial charge in [0.1, 0.15) is 11.0 Å². The zero-order valence-electron chi connectivity index (χ0n) is 11.0. The molecule has 1 amide bonds. The largest absolute Gasteiger partial charge is 0.481 e. The van der Waals surface area contributed by atoms with E-state index in [1.807, 2.05) is 0 Å². The minimum Gasteiger partial charge on any atom is -0.481 e. The van der Waals surface area contributed by atoms with Crippen LogP contribution in [0.4, 0.5) is 4.79 Å². The van der Waals surface area contributed by atoms with Crippen LogP contribution in [0, 0.1) is 5.41 Å². The minimum absolute atomic E-state index is 0.108. The number of amides is 1. The van der Waals surface area contributed by atoms with Gasteiger partial charge >= 0.3 is 12.1 Å². The fraction of sp³-hybridized carbons (Fsp3) is 0.818. The highest BCUT2D eigenvalue weighted by Crippen LogP contribution is 2.46. The minimum atomic E-state index is -3.40. The first-order chi connectivity index (χ1) is 8.48. The van der Waals surface area contributed by atoms with Crippen molar-refractivity contribution in [2.75, 3.05) is 18.8 Å². The number of hydrogen-bond donors (Lipinski definition) is 1. The molecule has 2 aliphatic rings. The Kier molecular flexibility index (Phi) is 2.85. The van der Waals surface area contributed by atoms with E-state index in [-0.39, 0.29) is 13.1 Å². The number of carbonyl (C=O) groups excluding carboxylic acids is 1. The van der Waals surface area contributed by atoms with Crippen molar-refractivity contribution in [3.63, 3.8) is 0 Å². The highest BCUT2D eigenvalue weighted by atomic mass is 32.2. The highest BCUT2D eigenvalue weighted by molar-refractivity contribution is 7.93. The van der Waals surface area contributed by atoms with E-state index < -0.39 is 43.9 Å². The molecule has 0 unspecified atom stereocenters. The molecule has 0 aromatic heterocycles. The van der Waals surface area contributed by atoms with Crippen LogP contribution < -0.4 is 0 Å². The third kappa shape index (κ3) is 2.18. The second-order valence-electron chi connectivity index (χ2n) is 6.12. The zero-order valence-corrected chi connectivity index (χ0v) is 11.9. The monoisotopic (exact) mass is 291 g/mol. The van der Waals surface area contributed by atoms with Crippen molar-refractivity contribution in [2.45, 2.75) is 31.6 Å². The molecule has 8 heteroatoms. The molecule has 2 fully saturated rings. The van der Waals surface area contributed by atoms with Crippen LogP contribution >= 0.6 is 0 Å². The Morgan fingerprint density at radius 1 is 1.37 bits per heavy atom. The molecule has 19 heavy (non-hydrogen) atoms. The van der Waals surface area contributed by atoms with Crippen molar-refractivity contribution in [2.24, 2.45) is 5.41 Å². The predicted molar refractivity (Wildman–Crippen MR) is 65.5 cm³/mol. The van der Waals surface area contributed by atoms with E-state index >= 15 is 0 Å². The van der Waals surface area contributed by atoms with Gasteiger partial charge in [-0.3, -0.25) is 4.79 Å². The van der Waals surface area contributed by atoms with Crippen molar-refractivity contribution in [3.8, 4) is 0 Å². The summed E-state index contributed by atoms with van der Waals surface area (Å²) < 4.78 is 28.4. The van der Waals surface area contributed by atoms with Crippen LogP contribution in [0.2, 0.25) is 0 Å². The molecule has 1 N–H and O–H groups in total. The summed E-state index contributed by atoms with van der Waals surface area (Å²) in [7, 11) is -3.40. The molecule has 0 aromatic rings. The SMILES string of the molecule is CC(C)(C)OC(=O)N1C[C@@H]2[C@](C(=O)O)(C1)CS2(=O)=O. The lowest BCUT2D eigenvalue weighted by atomic mass is 9.88. The van der Waals surface area contributed by atoms with E-state index in [0.29, 0.717) is 0 Å². The average Bonchev–Trinajstić information content (AvgIpc) is 2.51. The number of ether oxygens (including phenoxy) is 1. The molecule has 0 radical (unpaired) electrons. The van der Waals surface area contributed by atoms with E-state index in [2.05, 4.69) is 0 Å². The van der Waals surface area contributed by atoms with Crippen LogP contribution in [0.25, 0.3) is 0 Å². The van der Waals surface area contributed by atoms with Crippen LogP contribution in [0.5, 0.6) is 0 Å². The van der Waals surface area contributed by atoms with Crippen LogP contribution in [0.15, 0.2) is 0 Å². The fourth-order valence-corrected chi connectivity index (χ4v) is 4.96. The molecule has 0 aromatic carbocycles. The van der Waals surface area contributed by atoms with Crippen molar-refractivity contribution in [1.82, 2.24) is 4.90 Å². The summed E-state index contributed by atoms with van der Waals surface area (Å²) in [4.78, 5) is 24.3. The molecule has 2 heterocycles. The Bertz CT molecular complexity index is 534. The van der Waals surface area contributed by atoms with Crippen molar-refractivity contribution in [1.29, 1.82) is 0 Å². The summed E-state index contributed by atoms with van der Waals surface area (Å²) in [6.45, 7) is 4.86. The Morgan fingerprint density at radius 3 is 2.32 bits per heavy atom. The number of sulfone groups is 1. The lowest BCUT2D eigenvalue weighted by Gasteiger charge is -2.38. The van der Waals surface area contributed by atoms with Gasteiger partial charge in [0.15, 0.2) is 9.84 Å². The summed E-state index contributed by atoms with van der Waals surface area (Å²) in [5.41, 5.74) is -2.05. The molecule has 108 valence electrons. The lowest BCUT2D eigenvalue weighted by molar-refractivity contribution is -0.147. The third-order valence-electron chi connectivity index (χ3n) is 3.45. The van der Waals surface area contributed by atoms with Crippen molar-refractivity contribution in [3.05, 3.63) is 0 Å². The van der Waals surface area contributed by atoms with Gasteiger partial charge in [-0.05, 0) is 20.8 Å². The van der Waals surface area contributed by atoms with Crippen LogP contribution in [-0.2, 0) is 19.4 Å². The number of carbonyl (C=O) groups is 2. The van der Waals surface area contributed by atoms with E-state index in [1.165, 1.54) is 4.90 Å². The number of aliphatic carboxylic acids is 1. The number of fused-ring (bicyclic) bond motifs is 1. The molecule has 0 bridgehead atoms. The number of hydrogen-bond acceptors (Lipinski definition) is 5. The highest BCUT2D eigenvalue weighted by Gasteiger charge is 2.68. The molecular formula is C11H17NO6S. The third-order valence-corrected chi connectivity index (χ3v) is 5.83. The van der Waals surface area contributed by atoms with E-state index in [9.17, 15) is 23.1 Å². The van der Waals surface area contributed by atoms with Gasteiger partial charge in [0.05, 0.1) is 11.0 Å². The van der Waals surface area contributed by atoms with Crippen LogP contribution in [-0.4, -0.2) is 60.2 Å². The Balaban J connectivity index is 2.18. The number of rotatable bonds is 1. The molecule has 2 aliphatic heterocycles. The van der Waals surface area contributed by atoms with Gasteiger partial charge in [0.2, 0.25) is 0 Å². The number of carboxylic acid groups (broad SMARTS) is 1. The summed E-state index contributed by atoms with van der Waals surface area (Å²) in [5, 5.41) is 8.21. The zero-order chi connectivity index (χ0) is 14.6. The van der Waals surface area contributed by atoms with Crippen LogP contribution in [0.3, 0.4) is 0 Å². The summed E-state index contributed by atoms with van der Waals surface area (Å²) in [5.74, 6) is -1.57. The topological polar surface area (TPSA) is 101 Å². The molecule has 2 rings (SSSR count). The van der Waals surface area contributed by atoms with Crippen molar-refractivity contribution < 1.29 is 27.9 Å². The molecule has 0 spiro atoms. The maximum absolute atomic E-state index is 11.9. The molecular weight excluding hydrogens is 274 g/mol. The van der Waals surface area contributed by atoms with Gasteiger partial charge < -0.3 is 14.7 Å². The second kappa shape index (κ2) is 3.84. The van der Waals surface area contributed by atoms with Gasteiger partial charge in [-0.15, -0.1) is 0 Å². The smallest absolute Gasteiger partial charge is 0.410 e. The first-order valence-corrected chi connectivity index (χ1v) is 7.62. The number of likely N-dealkylation sites (tertiary alicyclic amines) is 1. The first-order valence-electron chi connectivity index (χ1n) is 5.91. The summed E-state index contributed by atoms with van der Waals surface area (Å²) in [6, 6.07) is 0. The fourth-order valence-electron chi connectivity index (χ4n) is 2.57. The van der Waals surface area contributed by atoms with Crippen molar-refractivity contribution >= 4 is 21.9 Å². The lowest BCUT2D eigenvalue weighted by Crippen LogP contribution is -2.61. The van der Waals surface area contributed by atoms with E-state index in [0.717, 1.165) is 0 Å². The van der Waals surface area contributed by atoms with Gasteiger partial charge in [0, 0.05) is 13.1 Å². The Labute approximate surface area is 111 Å². The molecule has 0 aliphatic carbocycles. The van der Waals surface area contributed by atoms with Crippen LogP contribution in [0.1, 0.15) is 20.8 Å². The summed E-state index contributed by atoms with van der Waals surface area (Å²) >= 11 is 0. The van der Waals surface area contributed by atoms with E-state index in [4.69, 9.17) is 4.74 Å². The van der Waals surface area contributed by atoms with Gasteiger partial charge in [0.25, 0.3) is 0 Å². The first kappa shape index (κ1) is 14.1. The number of carboxylic acids is 1. The Morgan fingerprint density at radius 2 is 1.95 bits per heavy atom. The summed E-state index contributed by atoms with van der Waals surface area (Å²) in [6.07, 6.45) is -0.669. The van der Waals surface area contributed by atoms with E-state index in [1.54, 1.807) is 20.8 Å².